The number of rotatable bonds is 3. The molecule has 23 heavy (non-hydrogen) atoms. The molecule has 0 amide bonds. The molecule has 10 heteroatoms. The molecule has 1 aliphatic heterocycles. The van der Waals surface area contributed by atoms with Gasteiger partial charge in [0.05, 0.1) is 13.2 Å². The lowest BCUT2D eigenvalue weighted by Gasteiger charge is -2.28. The SMILES string of the molecule is CC(C)NC(=S)Nc1nc(N2CCOCC2)cc(C(F)(F)F)n1. The third-order valence-electron chi connectivity index (χ3n) is 2.98. The molecule has 0 unspecified atom stereocenters. The minimum Gasteiger partial charge on any atom is -0.378 e. The zero-order valence-corrected chi connectivity index (χ0v) is 13.6. The van der Waals surface area contributed by atoms with Crippen LogP contribution in [0.2, 0.25) is 0 Å². The second kappa shape index (κ2) is 7.26. The van der Waals surface area contributed by atoms with Gasteiger partial charge in [-0.1, -0.05) is 0 Å². The molecule has 0 atom stereocenters. The van der Waals surface area contributed by atoms with Gasteiger partial charge in [-0.25, -0.2) is 4.98 Å². The maximum absolute atomic E-state index is 13.1. The highest BCUT2D eigenvalue weighted by Crippen LogP contribution is 2.30. The van der Waals surface area contributed by atoms with Crippen LogP contribution in [0.1, 0.15) is 19.5 Å². The van der Waals surface area contributed by atoms with Gasteiger partial charge in [0.1, 0.15) is 5.82 Å². The zero-order chi connectivity index (χ0) is 17.0. The first-order chi connectivity index (χ1) is 10.8. The van der Waals surface area contributed by atoms with Gasteiger partial charge in [0, 0.05) is 25.2 Å². The van der Waals surface area contributed by atoms with Crippen molar-refractivity contribution in [1.29, 1.82) is 0 Å². The van der Waals surface area contributed by atoms with Gasteiger partial charge >= 0.3 is 6.18 Å². The predicted octanol–water partition coefficient (Wildman–Crippen LogP) is 2.03. The quantitative estimate of drug-likeness (QED) is 0.810. The van der Waals surface area contributed by atoms with Crippen molar-refractivity contribution in [3.63, 3.8) is 0 Å². The molecular weight excluding hydrogens is 331 g/mol. The van der Waals surface area contributed by atoms with E-state index in [1.165, 1.54) is 0 Å². The van der Waals surface area contributed by atoms with E-state index in [2.05, 4.69) is 20.6 Å². The number of hydrogen-bond acceptors (Lipinski definition) is 5. The third-order valence-corrected chi connectivity index (χ3v) is 3.20. The normalized spacial score (nSPS) is 15.7. The van der Waals surface area contributed by atoms with Crippen LogP contribution < -0.4 is 15.5 Å². The number of hydrogen-bond donors (Lipinski definition) is 2. The summed E-state index contributed by atoms with van der Waals surface area (Å²) in [7, 11) is 0. The number of ether oxygens (including phenoxy) is 1. The first-order valence-electron chi connectivity index (χ1n) is 7.12. The Labute approximate surface area is 137 Å². The smallest absolute Gasteiger partial charge is 0.378 e. The van der Waals surface area contributed by atoms with Gasteiger partial charge < -0.3 is 20.3 Å². The van der Waals surface area contributed by atoms with Crippen LogP contribution >= 0.6 is 12.2 Å². The summed E-state index contributed by atoms with van der Waals surface area (Å²) < 4.78 is 44.4. The van der Waals surface area contributed by atoms with E-state index in [-0.39, 0.29) is 22.9 Å². The number of thiocarbonyl (C=S) groups is 1. The molecule has 0 spiro atoms. The van der Waals surface area contributed by atoms with Crippen molar-refractivity contribution < 1.29 is 17.9 Å². The lowest BCUT2D eigenvalue weighted by molar-refractivity contribution is -0.141. The highest BCUT2D eigenvalue weighted by Gasteiger charge is 2.34. The van der Waals surface area contributed by atoms with Gasteiger partial charge in [-0.2, -0.15) is 18.2 Å². The van der Waals surface area contributed by atoms with Crippen LogP contribution in [0.15, 0.2) is 6.07 Å². The monoisotopic (exact) mass is 349 g/mol. The van der Waals surface area contributed by atoms with Crippen LogP contribution in [0.25, 0.3) is 0 Å². The molecular formula is C13H18F3N5OS. The summed E-state index contributed by atoms with van der Waals surface area (Å²) in [4.78, 5) is 9.38. The first kappa shape index (κ1) is 17.7. The molecule has 0 bridgehead atoms. The summed E-state index contributed by atoms with van der Waals surface area (Å²) >= 11 is 5.03. The Bertz CT molecular complexity index is 561. The molecule has 1 saturated heterocycles. The Morgan fingerprint density at radius 2 is 1.96 bits per heavy atom. The van der Waals surface area contributed by atoms with Gasteiger partial charge in [-0.05, 0) is 26.1 Å². The van der Waals surface area contributed by atoms with Crippen molar-refractivity contribution in [2.75, 3.05) is 36.5 Å². The van der Waals surface area contributed by atoms with E-state index in [1.807, 2.05) is 13.8 Å². The molecule has 6 nitrogen and oxygen atoms in total. The molecule has 1 aromatic heterocycles. The topological polar surface area (TPSA) is 62.3 Å². The van der Waals surface area contributed by atoms with E-state index in [9.17, 15) is 13.2 Å². The van der Waals surface area contributed by atoms with Crippen molar-refractivity contribution in [3.8, 4) is 0 Å². The second-order valence-corrected chi connectivity index (χ2v) is 5.69. The van der Waals surface area contributed by atoms with Crippen LogP contribution in [0.3, 0.4) is 0 Å². The lowest BCUT2D eigenvalue weighted by atomic mass is 10.3. The van der Waals surface area contributed by atoms with E-state index >= 15 is 0 Å². The standard InChI is InChI=1S/C13H18F3N5OS/c1-8(2)17-12(23)20-11-18-9(13(14,15)16)7-10(19-11)21-3-5-22-6-4-21/h7-8H,3-6H2,1-2H3,(H2,17,18,19,20,23). The number of nitrogens with zero attached hydrogens (tertiary/aromatic N) is 3. The van der Waals surface area contributed by atoms with Crippen LogP contribution in [-0.2, 0) is 10.9 Å². The zero-order valence-electron chi connectivity index (χ0n) is 12.8. The molecule has 0 radical (unpaired) electrons. The van der Waals surface area contributed by atoms with Gasteiger partial charge in [0.15, 0.2) is 10.8 Å². The fourth-order valence-electron chi connectivity index (χ4n) is 1.99. The molecule has 1 fully saturated rings. The van der Waals surface area contributed by atoms with E-state index in [4.69, 9.17) is 17.0 Å². The van der Waals surface area contributed by atoms with Crippen molar-refractivity contribution in [2.24, 2.45) is 0 Å². The number of alkyl halides is 3. The molecule has 1 aliphatic rings. The van der Waals surface area contributed by atoms with E-state index in [0.717, 1.165) is 6.07 Å². The molecule has 2 N–H and O–H groups in total. The van der Waals surface area contributed by atoms with Crippen LogP contribution in [-0.4, -0.2) is 47.4 Å². The van der Waals surface area contributed by atoms with Gasteiger partial charge in [-0.15, -0.1) is 0 Å². The van der Waals surface area contributed by atoms with E-state index in [0.29, 0.717) is 26.3 Å². The average molecular weight is 349 g/mol. The highest BCUT2D eigenvalue weighted by atomic mass is 32.1. The number of halogens is 3. The Kier molecular flexibility index (Phi) is 5.58. The maximum Gasteiger partial charge on any atom is 0.433 e. The summed E-state index contributed by atoms with van der Waals surface area (Å²) in [5.74, 6) is 0.0185. The van der Waals surface area contributed by atoms with Crippen molar-refractivity contribution in [3.05, 3.63) is 11.8 Å². The summed E-state index contributed by atoms with van der Waals surface area (Å²) in [6.45, 7) is 5.56. The largest absolute Gasteiger partial charge is 0.433 e. The highest BCUT2D eigenvalue weighted by molar-refractivity contribution is 7.80. The fraction of sp³-hybridized carbons (Fsp3) is 0.615. The third kappa shape index (κ3) is 5.17. The molecule has 0 saturated carbocycles. The van der Waals surface area contributed by atoms with Crippen molar-refractivity contribution in [2.45, 2.75) is 26.1 Å². The van der Waals surface area contributed by atoms with Gasteiger partial charge in [0.25, 0.3) is 0 Å². The van der Waals surface area contributed by atoms with E-state index in [1.54, 1.807) is 4.90 Å². The van der Waals surface area contributed by atoms with Crippen LogP contribution in [0.4, 0.5) is 24.9 Å². The lowest BCUT2D eigenvalue weighted by Crippen LogP contribution is -2.38. The summed E-state index contributed by atoms with van der Waals surface area (Å²) in [5.41, 5.74) is -1.01. The molecule has 128 valence electrons. The summed E-state index contributed by atoms with van der Waals surface area (Å²) in [5, 5.41) is 5.65. The Morgan fingerprint density at radius 3 is 2.52 bits per heavy atom. The van der Waals surface area contributed by atoms with Crippen LogP contribution in [0.5, 0.6) is 0 Å². The molecule has 0 aromatic carbocycles. The fourth-order valence-corrected chi connectivity index (χ4v) is 2.32. The van der Waals surface area contributed by atoms with E-state index < -0.39 is 11.9 Å². The summed E-state index contributed by atoms with van der Waals surface area (Å²) in [6, 6.07) is 0.981. The van der Waals surface area contributed by atoms with Crippen LogP contribution in [0, 0.1) is 0 Å². The Morgan fingerprint density at radius 1 is 1.30 bits per heavy atom. The first-order valence-corrected chi connectivity index (χ1v) is 7.53. The Hall–Kier alpha value is -1.68. The maximum atomic E-state index is 13.1. The van der Waals surface area contributed by atoms with Crippen molar-refractivity contribution in [1.82, 2.24) is 15.3 Å². The number of nitrogens with one attached hydrogen (secondary N) is 2. The minimum absolute atomic E-state index is 0.0412. The average Bonchev–Trinajstić information content (AvgIpc) is 2.46. The molecule has 2 rings (SSSR count). The molecule has 1 aromatic rings. The van der Waals surface area contributed by atoms with Crippen molar-refractivity contribution >= 4 is 29.1 Å². The molecule has 0 aliphatic carbocycles. The second-order valence-electron chi connectivity index (χ2n) is 5.29. The summed E-state index contributed by atoms with van der Waals surface area (Å²) in [6.07, 6.45) is -4.56. The molecule has 2 heterocycles. The predicted molar refractivity (Wildman–Crippen MR) is 84.6 cm³/mol. The number of aromatic nitrogens is 2. The minimum atomic E-state index is -4.56. The van der Waals surface area contributed by atoms with Gasteiger partial charge in [0.2, 0.25) is 5.95 Å². The number of anilines is 2. The number of morpholine rings is 1. The van der Waals surface area contributed by atoms with Gasteiger partial charge in [-0.3, -0.25) is 0 Å². The Balaban J connectivity index is 2.27.